The summed E-state index contributed by atoms with van der Waals surface area (Å²) in [6, 6.07) is 5.63. The minimum Gasteiger partial charge on any atom is -0.508 e. The minimum atomic E-state index is -1.41. The Bertz CT molecular complexity index is 1550. The summed E-state index contributed by atoms with van der Waals surface area (Å²) in [4.78, 5) is 36.0. The molecule has 1 amide bonds. The van der Waals surface area contributed by atoms with Gasteiger partial charge in [0.2, 0.25) is 11.7 Å². The smallest absolute Gasteiger partial charge is 0.338 e. The Morgan fingerprint density at radius 2 is 1.60 bits per heavy atom. The van der Waals surface area contributed by atoms with Crippen molar-refractivity contribution in [2.45, 2.75) is 36.5 Å². The number of esters is 1. The molecule has 0 fully saturated rings. The fourth-order valence-corrected chi connectivity index (χ4v) is 5.42. The standard InChI is InChI=1S/C27H25NO13S/c1-10(29)28-14(26(37)38)9-42-25-13(7-18(33)22(35)23(25)36)24-20(8-12-15(30)3-2-4-19(12)40-24)41-27(39)11-5-16(31)21(34)17(32)6-11/h2-7,14,20,24,30-36H,8-9H2,1H3,(H,28,29)(H,37,38)/t14?,20-,24?/m1/s1. The van der Waals surface area contributed by atoms with Crippen molar-refractivity contribution in [2.75, 3.05) is 5.75 Å². The fourth-order valence-electron chi connectivity index (χ4n) is 4.28. The summed E-state index contributed by atoms with van der Waals surface area (Å²) in [7, 11) is 0. The fraction of sp³-hybridized carbons (Fsp3) is 0.222. The highest BCUT2D eigenvalue weighted by Crippen LogP contribution is 2.50. The summed E-state index contributed by atoms with van der Waals surface area (Å²) >= 11 is 0.695. The van der Waals surface area contributed by atoms with E-state index < -0.39 is 70.6 Å². The monoisotopic (exact) mass is 603 g/mol. The molecule has 0 saturated carbocycles. The van der Waals surface area contributed by atoms with Crippen molar-refractivity contribution in [1.82, 2.24) is 5.32 Å². The molecule has 0 spiro atoms. The summed E-state index contributed by atoms with van der Waals surface area (Å²) in [6.45, 7) is 1.12. The van der Waals surface area contributed by atoms with Crippen molar-refractivity contribution in [2.24, 2.45) is 0 Å². The van der Waals surface area contributed by atoms with Crippen LogP contribution in [0.4, 0.5) is 0 Å². The number of thioether (sulfide) groups is 1. The highest BCUT2D eigenvalue weighted by atomic mass is 32.2. The molecule has 1 aliphatic heterocycles. The molecule has 1 heterocycles. The lowest BCUT2D eigenvalue weighted by Gasteiger charge is -2.35. The van der Waals surface area contributed by atoms with Crippen LogP contribution in [-0.4, -0.2) is 76.6 Å². The molecule has 14 nitrogen and oxygen atoms in total. The number of benzene rings is 3. The van der Waals surface area contributed by atoms with Crippen molar-refractivity contribution < 1.29 is 64.7 Å². The van der Waals surface area contributed by atoms with Crippen LogP contribution in [0.1, 0.15) is 34.5 Å². The van der Waals surface area contributed by atoms with Crippen LogP contribution in [0.25, 0.3) is 0 Å². The van der Waals surface area contributed by atoms with Gasteiger partial charge in [-0.2, -0.15) is 0 Å². The van der Waals surface area contributed by atoms with Crippen LogP contribution in [-0.2, 0) is 20.7 Å². The Kier molecular flexibility index (Phi) is 8.33. The molecule has 15 heteroatoms. The zero-order chi connectivity index (χ0) is 30.9. The number of aliphatic carboxylic acids is 1. The Labute approximate surface area is 241 Å². The van der Waals surface area contributed by atoms with Crippen LogP contribution in [0.15, 0.2) is 41.3 Å². The summed E-state index contributed by atoms with van der Waals surface area (Å²) < 4.78 is 11.7. The maximum Gasteiger partial charge on any atom is 0.338 e. The first kappa shape index (κ1) is 29.8. The van der Waals surface area contributed by atoms with Crippen molar-refractivity contribution in [3.05, 3.63) is 53.1 Å². The van der Waals surface area contributed by atoms with Gasteiger partial charge in [-0.3, -0.25) is 4.79 Å². The Morgan fingerprint density at radius 1 is 0.952 bits per heavy atom. The van der Waals surface area contributed by atoms with Crippen molar-refractivity contribution in [3.8, 4) is 46.0 Å². The number of ether oxygens (including phenoxy) is 2. The Hall–Kier alpha value is -5.18. The average molecular weight is 604 g/mol. The Morgan fingerprint density at radius 3 is 2.21 bits per heavy atom. The summed E-state index contributed by atoms with van der Waals surface area (Å²) in [6.07, 6.45) is -2.83. The number of hydrogen-bond acceptors (Lipinski definition) is 13. The van der Waals surface area contributed by atoms with Gasteiger partial charge in [0.15, 0.2) is 34.9 Å². The third-order valence-corrected chi connectivity index (χ3v) is 7.50. The number of phenolic OH excluding ortho intramolecular Hbond substituents is 7. The molecule has 2 unspecified atom stereocenters. The lowest BCUT2D eigenvalue weighted by atomic mass is 9.93. The normalized spacial score (nSPS) is 16.5. The van der Waals surface area contributed by atoms with Crippen LogP contribution in [0.3, 0.4) is 0 Å². The summed E-state index contributed by atoms with van der Waals surface area (Å²) in [5.41, 5.74) is -0.181. The molecule has 0 saturated heterocycles. The second-order valence-electron chi connectivity index (χ2n) is 9.22. The number of carboxylic acids is 1. The molecule has 3 aromatic carbocycles. The first-order chi connectivity index (χ1) is 19.8. The van der Waals surface area contributed by atoms with Gasteiger partial charge in [-0.05, 0) is 30.3 Å². The van der Waals surface area contributed by atoms with Crippen molar-refractivity contribution in [3.63, 3.8) is 0 Å². The number of carboxylic acid groups (broad SMARTS) is 1. The second kappa shape index (κ2) is 11.7. The molecule has 3 atom stereocenters. The highest BCUT2D eigenvalue weighted by Gasteiger charge is 2.39. The van der Waals surface area contributed by atoms with E-state index in [1.807, 2.05) is 0 Å². The summed E-state index contributed by atoms with van der Waals surface area (Å²) in [5, 5.41) is 82.7. The van der Waals surface area contributed by atoms with Crippen molar-refractivity contribution in [1.29, 1.82) is 0 Å². The molecule has 4 rings (SSSR count). The topological polar surface area (TPSA) is 244 Å². The molecular weight excluding hydrogens is 578 g/mol. The zero-order valence-corrected chi connectivity index (χ0v) is 22.5. The summed E-state index contributed by atoms with van der Waals surface area (Å²) in [5.74, 6) is -8.53. The number of aromatic hydroxyl groups is 7. The molecule has 0 radical (unpaired) electrons. The van der Waals surface area contributed by atoms with E-state index in [1.54, 1.807) is 0 Å². The first-order valence-electron chi connectivity index (χ1n) is 12.1. The van der Waals surface area contributed by atoms with Crippen LogP contribution in [0.5, 0.6) is 46.0 Å². The van der Waals surface area contributed by atoms with Gasteiger partial charge in [-0.25, -0.2) is 9.59 Å². The largest absolute Gasteiger partial charge is 0.508 e. The van der Waals surface area contributed by atoms with Gasteiger partial charge in [-0.1, -0.05) is 6.07 Å². The second-order valence-corrected chi connectivity index (χ2v) is 10.2. The molecule has 0 aliphatic carbocycles. The van der Waals surface area contributed by atoms with Gasteiger partial charge in [0.05, 0.1) is 10.5 Å². The van der Waals surface area contributed by atoms with E-state index in [4.69, 9.17) is 9.47 Å². The van der Waals surface area contributed by atoms with E-state index in [1.165, 1.54) is 18.2 Å². The van der Waals surface area contributed by atoms with E-state index in [0.717, 1.165) is 25.1 Å². The zero-order valence-electron chi connectivity index (χ0n) is 21.6. The molecule has 222 valence electrons. The number of amides is 1. The molecule has 9 N–H and O–H groups in total. The van der Waals surface area contributed by atoms with E-state index in [0.29, 0.717) is 11.8 Å². The van der Waals surface area contributed by atoms with E-state index in [2.05, 4.69) is 5.32 Å². The molecule has 3 aromatic rings. The molecule has 42 heavy (non-hydrogen) atoms. The lowest BCUT2D eigenvalue weighted by molar-refractivity contribution is -0.140. The van der Waals surface area contributed by atoms with Gasteiger partial charge in [-0.15, -0.1) is 11.8 Å². The number of hydrogen-bond donors (Lipinski definition) is 9. The van der Waals surface area contributed by atoms with E-state index in [-0.39, 0.29) is 45.3 Å². The highest BCUT2D eigenvalue weighted by molar-refractivity contribution is 7.99. The van der Waals surface area contributed by atoms with Gasteiger partial charge < -0.3 is 55.6 Å². The maximum atomic E-state index is 13.1. The quantitative estimate of drug-likeness (QED) is 0.102. The molecule has 0 bridgehead atoms. The van der Waals surface area contributed by atoms with Crippen LogP contribution in [0.2, 0.25) is 0 Å². The van der Waals surface area contributed by atoms with Crippen LogP contribution < -0.4 is 10.1 Å². The van der Waals surface area contributed by atoms with Gasteiger partial charge in [0.1, 0.15) is 23.6 Å². The predicted molar refractivity (Wildman–Crippen MR) is 143 cm³/mol. The first-order valence-corrected chi connectivity index (χ1v) is 13.1. The number of phenols is 7. The van der Waals surface area contributed by atoms with E-state index >= 15 is 0 Å². The van der Waals surface area contributed by atoms with E-state index in [9.17, 15) is 55.2 Å². The SMILES string of the molecule is CC(=O)NC(CSc1c(C2Oc3cccc(O)c3C[C@H]2OC(=O)c2cc(O)c(O)c(O)c2)cc(O)c(O)c1O)C(=O)O. The van der Waals surface area contributed by atoms with Crippen LogP contribution in [0, 0.1) is 0 Å². The third kappa shape index (κ3) is 5.95. The van der Waals surface area contributed by atoms with Gasteiger partial charge in [0.25, 0.3) is 0 Å². The maximum absolute atomic E-state index is 13.1. The average Bonchev–Trinajstić information content (AvgIpc) is 2.92. The minimum absolute atomic E-state index is 0.0528. The third-order valence-electron chi connectivity index (χ3n) is 6.28. The Balaban J connectivity index is 1.78. The van der Waals surface area contributed by atoms with Gasteiger partial charge >= 0.3 is 11.9 Å². The number of carbonyl (C=O) groups excluding carboxylic acids is 2. The number of nitrogens with one attached hydrogen (secondary N) is 1. The molecular formula is C27H25NO13S. The predicted octanol–water partition coefficient (Wildman–Crippen LogP) is 2.21. The van der Waals surface area contributed by atoms with Gasteiger partial charge in [0, 0.05) is 30.2 Å². The number of fused-ring (bicyclic) bond motifs is 1. The number of carbonyl (C=O) groups is 3. The van der Waals surface area contributed by atoms with Crippen LogP contribution >= 0.6 is 11.8 Å². The molecule has 0 aromatic heterocycles. The lowest BCUT2D eigenvalue weighted by Crippen LogP contribution is -2.41. The van der Waals surface area contributed by atoms with Crippen molar-refractivity contribution >= 4 is 29.6 Å². The number of rotatable bonds is 8. The molecule has 1 aliphatic rings.